The largest absolute Gasteiger partial charge is 0.311 e. The highest BCUT2D eigenvalue weighted by atomic mass is 15.1. The van der Waals surface area contributed by atoms with Gasteiger partial charge in [0.15, 0.2) is 0 Å². The van der Waals surface area contributed by atoms with Crippen LogP contribution in [0.3, 0.4) is 0 Å². The highest BCUT2D eigenvalue weighted by Crippen LogP contribution is 2.38. The van der Waals surface area contributed by atoms with Crippen LogP contribution in [0.25, 0.3) is 33.4 Å². The number of anilines is 3. The van der Waals surface area contributed by atoms with Crippen LogP contribution in [0.4, 0.5) is 17.1 Å². The van der Waals surface area contributed by atoms with Crippen molar-refractivity contribution in [2.24, 2.45) is 0 Å². The summed E-state index contributed by atoms with van der Waals surface area (Å²) in [5, 5.41) is 57.0. The van der Waals surface area contributed by atoms with E-state index in [1.165, 1.54) is 0 Å². The summed E-state index contributed by atoms with van der Waals surface area (Å²) in [6.07, 6.45) is 0. The molecule has 0 aliphatic carbocycles. The van der Waals surface area contributed by atoms with Gasteiger partial charge in [0.25, 0.3) is 0 Å². The Morgan fingerprint density at radius 3 is 0.796 bits per heavy atom. The SMILES string of the molecule is N#Cc1ccc(-c2ccc(N(c3ccc(-c4ccc(C#N)cc4C#N)cc3)c3ccc(-c4ccc(C#N)cc4C#N)cc3)cc2)c(C#N)c1. The minimum Gasteiger partial charge on any atom is -0.311 e. The molecule has 0 N–H and O–H groups in total. The minimum absolute atomic E-state index is 0.411. The first kappa shape index (κ1) is 31.1. The summed E-state index contributed by atoms with van der Waals surface area (Å²) in [6, 6.07) is 51.3. The molecule has 6 aromatic carbocycles. The highest BCUT2D eigenvalue weighted by molar-refractivity contribution is 5.83. The average molecular weight is 624 g/mol. The molecule has 6 rings (SSSR count). The van der Waals surface area contributed by atoms with E-state index in [4.69, 9.17) is 0 Å². The van der Waals surface area contributed by atoms with Crippen molar-refractivity contribution < 1.29 is 0 Å². The van der Waals surface area contributed by atoms with Crippen LogP contribution < -0.4 is 4.90 Å². The molecule has 0 atom stereocenters. The van der Waals surface area contributed by atoms with E-state index in [1.54, 1.807) is 54.6 Å². The van der Waals surface area contributed by atoms with E-state index in [9.17, 15) is 31.6 Å². The topological polar surface area (TPSA) is 146 Å². The standard InChI is InChI=1S/C42H21N7/c43-22-28-1-16-40(34(19-28)25-46)31-4-10-37(11-5-31)49(38-12-6-32(7-13-38)41-17-2-29(23-44)20-35(41)26-47)39-14-8-33(9-15-39)42-18-3-30(24-45)21-36(42)27-48/h1-21H. The van der Waals surface area contributed by atoms with Gasteiger partial charge in [0.2, 0.25) is 0 Å². The molecule has 0 radical (unpaired) electrons. The molecule has 0 aliphatic rings. The molecule has 0 saturated heterocycles. The van der Waals surface area contributed by atoms with Crippen molar-refractivity contribution in [1.82, 2.24) is 0 Å². The van der Waals surface area contributed by atoms with Crippen LogP contribution in [0.5, 0.6) is 0 Å². The van der Waals surface area contributed by atoms with E-state index in [2.05, 4.69) is 41.3 Å². The smallest absolute Gasteiger partial charge is 0.0998 e. The van der Waals surface area contributed by atoms with E-state index in [-0.39, 0.29) is 0 Å². The Balaban J connectivity index is 1.42. The van der Waals surface area contributed by atoms with E-state index < -0.39 is 0 Å². The van der Waals surface area contributed by atoms with Crippen molar-refractivity contribution in [1.29, 1.82) is 31.6 Å². The van der Waals surface area contributed by atoms with Gasteiger partial charge in [0.05, 0.1) is 69.8 Å². The summed E-state index contributed by atoms with van der Waals surface area (Å²) in [4.78, 5) is 2.06. The fourth-order valence-electron chi connectivity index (χ4n) is 5.69. The lowest BCUT2D eigenvalue weighted by Gasteiger charge is -2.26. The number of rotatable bonds is 6. The van der Waals surface area contributed by atoms with Crippen molar-refractivity contribution in [2.45, 2.75) is 0 Å². The summed E-state index contributed by atoms with van der Waals surface area (Å²) in [5.41, 5.74) is 9.63. The second kappa shape index (κ2) is 13.6. The Morgan fingerprint density at radius 2 is 0.571 bits per heavy atom. The maximum atomic E-state index is 9.74. The van der Waals surface area contributed by atoms with Crippen LogP contribution >= 0.6 is 0 Å². The molecule has 6 aromatic rings. The maximum absolute atomic E-state index is 9.74. The lowest BCUT2D eigenvalue weighted by atomic mass is 9.97. The van der Waals surface area contributed by atoms with Crippen LogP contribution in [0.2, 0.25) is 0 Å². The molecule has 7 heteroatoms. The number of nitrogens with zero attached hydrogens (tertiary/aromatic N) is 7. The van der Waals surface area contributed by atoms with Crippen LogP contribution in [0.1, 0.15) is 33.4 Å². The molecule has 0 spiro atoms. The van der Waals surface area contributed by atoms with Gasteiger partial charge in [-0.05, 0) is 106 Å². The van der Waals surface area contributed by atoms with Crippen molar-refractivity contribution >= 4 is 17.1 Å². The maximum Gasteiger partial charge on any atom is 0.0998 e. The lowest BCUT2D eigenvalue weighted by molar-refractivity contribution is 1.28. The molecule has 0 saturated carbocycles. The zero-order valence-corrected chi connectivity index (χ0v) is 25.8. The molecular formula is C42H21N7. The monoisotopic (exact) mass is 623 g/mol. The van der Waals surface area contributed by atoms with Crippen LogP contribution in [0.15, 0.2) is 127 Å². The Labute approximate surface area is 283 Å². The molecule has 0 amide bonds. The second-order valence-electron chi connectivity index (χ2n) is 10.9. The van der Waals surface area contributed by atoms with Gasteiger partial charge in [-0.15, -0.1) is 0 Å². The minimum atomic E-state index is 0.411. The summed E-state index contributed by atoms with van der Waals surface area (Å²) >= 11 is 0. The summed E-state index contributed by atoms with van der Waals surface area (Å²) < 4.78 is 0. The van der Waals surface area contributed by atoms with Gasteiger partial charge in [0.1, 0.15) is 0 Å². The van der Waals surface area contributed by atoms with E-state index >= 15 is 0 Å². The average Bonchev–Trinajstić information content (AvgIpc) is 3.18. The van der Waals surface area contributed by atoms with Gasteiger partial charge in [0, 0.05) is 17.1 Å². The number of benzene rings is 6. The fraction of sp³-hybridized carbons (Fsp3) is 0. The zero-order chi connectivity index (χ0) is 34.3. The molecule has 0 bridgehead atoms. The lowest BCUT2D eigenvalue weighted by Crippen LogP contribution is -2.10. The summed E-state index contributed by atoms with van der Waals surface area (Å²) in [5.74, 6) is 0. The summed E-state index contributed by atoms with van der Waals surface area (Å²) in [7, 11) is 0. The summed E-state index contributed by atoms with van der Waals surface area (Å²) in [6.45, 7) is 0. The first-order chi connectivity index (χ1) is 24.0. The van der Waals surface area contributed by atoms with Gasteiger partial charge in [-0.3, -0.25) is 0 Å². The normalized spacial score (nSPS) is 9.92. The van der Waals surface area contributed by atoms with E-state index in [1.807, 2.05) is 72.8 Å². The Hall–Kier alpha value is -7.94. The predicted octanol–water partition coefficient (Wildman–Crippen LogP) is 9.39. The van der Waals surface area contributed by atoms with Crippen molar-refractivity contribution in [3.05, 3.63) is 161 Å². The molecule has 0 aromatic heterocycles. The van der Waals surface area contributed by atoms with Crippen molar-refractivity contribution in [2.75, 3.05) is 4.90 Å². The van der Waals surface area contributed by atoms with Gasteiger partial charge in [-0.25, -0.2) is 0 Å². The van der Waals surface area contributed by atoms with Crippen LogP contribution in [-0.4, -0.2) is 0 Å². The number of nitriles is 6. The van der Waals surface area contributed by atoms with Crippen molar-refractivity contribution in [3.8, 4) is 69.8 Å². The molecular weight excluding hydrogens is 603 g/mol. The number of hydrogen-bond donors (Lipinski definition) is 0. The fourth-order valence-corrected chi connectivity index (χ4v) is 5.69. The Kier molecular flexibility index (Phi) is 8.61. The predicted molar refractivity (Wildman–Crippen MR) is 186 cm³/mol. The Bertz CT molecular complexity index is 2210. The van der Waals surface area contributed by atoms with Gasteiger partial charge in [-0.2, -0.15) is 31.6 Å². The highest BCUT2D eigenvalue weighted by Gasteiger charge is 2.16. The molecule has 0 unspecified atom stereocenters. The Morgan fingerprint density at radius 1 is 0.306 bits per heavy atom. The first-order valence-corrected chi connectivity index (χ1v) is 14.9. The van der Waals surface area contributed by atoms with Crippen molar-refractivity contribution in [3.63, 3.8) is 0 Å². The third kappa shape index (κ3) is 6.16. The molecule has 7 nitrogen and oxygen atoms in total. The van der Waals surface area contributed by atoms with Gasteiger partial charge < -0.3 is 4.90 Å². The second-order valence-corrected chi connectivity index (χ2v) is 10.9. The van der Waals surface area contributed by atoms with Crippen LogP contribution in [-0.2, 0) is 0 Å². The first-order valence-electron chi connectivity index (χ1n) is 14.9. The quantitative estimate of drug-likeness (QED) is 0.180. The van der Waals surface area contributed by atoms with Gasteiger partial charge in [-0.1, -0.05) is 54.6 Å². The molecule has 0 fully saturated rings. The molecule has 224 valence electrons. The third-order valence-corrected chi connectivity index (χ3v) is 8.12. The van der Waals surface area contributed by atoms with E-state index in [0.717, 1.165) is 50.4 Å². The molecule has 0 aliphatic heterocycles. The number of hydrogen-bond acceptors (Lipinski definition) is 7. The molecule has 0 heterocycles. The molecule has 49 heavy (non-hydrogen) atoms. The van der Waals surface area contributed by atoms with Crippen LogP contribution in [0, 0.1) is 68.0 Å². The third-order valence-electron chi connectivity index (χ3n) is 8.12. The van der Waals surface area contributed by atoms with E-state index in [0.29, 0.717) is 33.4 Å². The van der Waals surface area contributed by atoms with Gasteiger partial charge >= 0.3 is 0 Å². The zero-order valence-electron chi connectivity index (χ0n) is 25.8.